The highest BCUT2D eigenvalue weighted by Gasteiger charge is 2.26. The van der Waals surface area contributed by atoms with Gasteiger partial charge in [0.1, 0.15) is 6.04 Å². The number of amides is 2. The van der Waals surface area contributed by atoms with Crippen LogP contribution in [0.3, 0.4) is 0 Å². The lowest BCUT2D eigenvalue weighted by Crippen LogP contribution is -2.24. The zero-order valence-corrected chi connectivity index (χ0v) is 14.8. The Balaban J connectivity index is 1.40. The van der Waals surface area contributed by atoms with Crippen molar-refractivity contribution in [2.45, 2.75) is 31.7 Å². The van der Waals surface area contributed by atoms with Crippen LogP contribution in [0.4, 0.5) is 11.4 Å². The van der Waals surface area contributed by atoms with Gasteiger partial charge < -0.3 is 10.6 Å². The number of rotatable bonds is 6. The summed E-state index contributed by atoms with van der Waals surface area (Å²) in [6.45, 7) is 1.77. The molecule has 3 N–H and O–H groups in total. The van der Waals surface area contributed by atoms with Gasteiger partial charge >= 0.3 is 0 Å². The van der Waals surface area contributed by atoms with Gasteiger partial charge in [0, 0.05) is 35.4 Å². The first kappa shape index (κ1) is 17.0. The van der Waals surface area contributed by atoms with E-state index in [0.717, 1.165) is 18.5 Å². The molecule has 0 bridgehead atoms. The van der Waals surface area contributed by atoms with Gasteiger partial charge in [-0.25, -0.2) is 0 Å². The Bertz CT molecular complexity index is 958. The van der Waals surface area contributed by atoms with Gasteiger partial charge in [0.15, 0.2) is 5.69 Å². The Morgan fingerprint density at radius 2 is 1.96 bits per heavy atom. The van der Waals surface area contributed by atoms with Crippen LogP contribution >= 0.6 is 0 Å². The van der Waals surface area contributed by atoms with Gasteiger partial charge in [0.2, 0.25) is 5.91 Å². The van der Waals surface area contributed by atoms with Gasteiger partial charge in [-0.2, -0.15) is 10.2 Å². The van der Waals surface area contributed by atoms with E-state index in [1.807, 2.05) is 0 Å². The zero-order chi connectivity index (χ0) is 18.8. The summed E-state index contributed by atoms with van der Waals surface area (Å²) in [6, 6.07) is 10.1. The normalized spacial score (nSPS) is 14.6. The molecule has 2 aromatic heterocycles. The summed E-state index contributed by atoms with van der Waals surface area (Å²) < 4.78 is 1.58. The van der Waals surface area contributed by atoms with E-state index in [1.54, 1.807) is 60.4 Å². The number of carbonyl (C=O) groups excluding carboxylic acids is 2. The monoisotopic (exact) mass is 364 g/mol. The molecule has 1 fully saturated rings. The van der Waals surface area contributed by atoms with Crippen molar-refractivity contribution in [1.82, 2.24) is 20.0 Å². The van der Waals surface area contributed by atoms with Crippen molar-refractivity contribution in [3.05, 3.63) is 60.2 Å². The first-order valence-electron chi connectivity index (χ1n) is 8.87. The van der Waals surface area contributed by atoms with Crippen molar-refractivity contribution >= 4 is 23.2 Å². The molecule has 0 spiro atoms. The number of nitrogens with zero attached hydrogens (tertiary/aromatic N) is 3. The maximum Gasteiger partial charge on any atom is 0.276 e. The summed E-state index contributed by atoms with van der Waals surface area (Å²) in [5.41, 5.74) is 2.55. The molecule has 1 aliphatic carbocycles. The molecular weight excluding hydrogens is 344 g/mol. The predicted molar refractivity (Wildman–Crippen MR) is 101 cm³/mol. The number of aromatic amines is 1. The van der Waals surface area contributed by atoms with E-state index < -0.39 is 6.04 Å². The molecule has 3 aromatic rings. The van der Waals surface area contributed by atoms with Crippen molar-refractivity contribution in [2.75, 3.05) is 10.6 Å². The first-order chi connectivity index (χ1) is 13.1. The Morgan fingerprint density at radius 3 is 2.67 bits per heavy atom. The number of nitrogens with one attached hydrogen (secondary N) is 3. The minimum atomic E-state index is -0.442. The fourth-order valence-corrected chi connectivity index (χ4v) is 2.80. The van der Waals surface area contributed by atoms with Crippen LogP contribution in [-0.2, 0) is 4.79 Å². The molecule has 27 heavy (non-hydrogen) atoms. The average Bonchev–Trinajstić information content (AvgIpc) is 3.17. The first-order valence-corrected chi connectivity index (χ1v) is 8.87. The molecule has 1 aromatic carbocycles. The number of hydrogen-bond donors (Lipinski definition) is 3. The molecule has 0 radical (unpaired) electrons. The van der Waals surface area contributed by atoms with Crippen LogP contribution < -0.4 is 10.6 Å². The highest BCUT2D eigenvalue weighted by Crippen LogP contribution is 2.39. The quantitative estimate of drug-likeness (QED) is 0.625. The summed E-state index contributed by atoms with van der Waals surface area (Å²) in [4.78, 5) is 24.7. The van der Waals surface area contributed by atoms with E-state index in [-0.39, 0.29) is 11.8 Å². The molecule has 2 amide bonds. The van der Waals surface area contributed by atoms with Crippen LogP contribution in [0, 0.1) is 0 Å². The standard InChI is InChI=1S/C19H20N6O2/c1-12(25-9-3-8-20-25)18(26)21-14-4-2-5-15(10-14)22-19(27)17-11-16(23-24-17)13-6-7-13/h2-5,8-13H,6-7H2,1H3,(H,21,26)(H,22,27)(H,23,24). The number of anilines is 2. The molecule has 0 aliphatic heterocycles. The number of H-pyrrole nitrogens is 1. The molecule has 8 nitrogen and oxygen atoms in total. The summed E-state index contributed by atoms with van der Waals surface area (Å²) in [7, 11) is 0. The van der Waals surface area contributed by atoms with Crippen molar-refractivity contribution in [3.8, 4) is 0 Å². The third-order valence-corrected chi connectivity index (χ3v) is 4.54. The fourth-order valence-electron chi connectivity index (χ4n) is 2.80. The molecule has 1 unspecified atom stereocenters. The largest absolute Gasteiger partial charge is 0.324 e. The van der Waals surface area contributed by atoms with Crippen LogP contribution in [-0.4, -0.2) is 31.8 Å². The average molecular weight is 364 g/mol. The van der Waals surface area contributed by atoms with Crippen molar-refractivity contribution in [3.63, 3.8) is 0 Å². The zero-order valence-electron chi connectivity index (χ0n) is 14.8. The van der Waals surface area contributed by atoms with E-state index >= 15 is 0 Å². The molecule has 0 saturated heterocycles. The molecule has 1 saturated carbocycles. The van der Waals surface area contributed by atoms with Crippen LogP contribution in [0.25, 0.3) is 0 Å². The van der Waals surface area contributed by atoms with E-state index in [4.69, 9.17) is 0 Å². The van der Waals surface area contributed by atoms with Gasteiger partial charge in [-0.1, -0.05) is 6.07 Å². The second-order valence-electron chi connectivity index (χ2n) is 6.67. The highest BCUT2D eigenvalue weighted by atomic mass is 16.2. The predicted octanol–water partition coefficient (Wildman–Crippen LogP) is 2.94. The van der Waals surface area contributed by atoms with E-state index in [9.17, 15) is 9.59 Å². The second-order valence-corrected chi connectivity index (χ2v) is 6.67. The Labute approximate surface area is 156 Å². The van der Waals surface area contributed by atoms with Crippen molar-refractivity contribution in [1.29, 1.82) is 0 Å². The lowest BCUT2D eigenvalue weighted by atomic mass is 10.2. The van der Waals surface area contributed by atoms with Crippen LogP contribution in [0.5, 0.6) is 0 Å². The third kappa shape index (κ3) is 3.89. The number of hydrogen-bond acceptors (Lipinski definition) is 4. The smallest absolute Gasteiger partial charge is 0.276 e. The summed E-state index contributed by atoms with van der Waals surface area (Å²) in [5, 5.41) is 16.7. The molecule has 1 atom stereocenters. The minimum absolute atomic E-state index is 0.191. The molecular formula is C19H20N6O2. The van der Waals surface area contributed by atoms with Gasteiger partial charge in [0.25, 0.3) is 5.91 Å². The Hall–Kier alpha value is -3.42. The summed E-state index contributed by atoms with van der Waals surface area (Å²) in [6.07, 6.45) is 5.65. The third-order valence-electron chi connectivity index (χ3n) is 4.54. The highest BCUT2D eigenvalue weighted by molar-refractivity contribution is 6.03. The number of aromatic nitrogens is 4. The molecule has 138 valence electrons. The van der Waals surface area contributed by atoms with Gasteiger partial charge in [-0.15, -0.1) is 0 Å². The van der Waals surface area contributed by atoms with Crippen molar-refractivity contribution in [2.24, 2.45) is 0 Å². The molecule has 1 aliphatic rings. The van der Waals surface area contributed by atoms with Gasteiger partial charge in [0.05, 0.1) is 0 Å². The Morgan fingerprint density at radius 1 is 1.19 bits per heavy atom. The van der Waals surface area contributed by atoms with Gasteiger partial charge in [-0.3, -0.25) is 19.4 Å². The van der Waals surface area contributed by atoms with Gasteiger partial charge in [-0.05, 0) is 50.1 Å². The minimum Gasteiger partial charge on any atom is -0.324 e. The maximum absolute atomic E-state index is 12.4. The van der Waals surface area contributed by atoms with E-state index in [0.29, 0.717) is 23.0 Å². The molecule has 2 heterocycles. The Kier molecular flexibility index (Phi) is 4.45. The van der Waals surface area contributed by atoms with E-state index in [2.05, 4.69) is 25.9 Å². The number of benzene rings is 1. The summed E-state index contributed by atoms with van der Waals surface area (Å²) >= 11 is 0. The lowest BCUT2D eigenvalue weighted by molar-refractivity contribution is -0.119. The lowest BCUT2D eigenvalue weighted by Gasteiger charge is -2.13. The van der Waals surface area contributed by atoms with Crippen LogP contribution in [0.15, 0.2) is 48.8 Å². The molecule has 8 heteroatoms. The topological polar surface area (TPSA) is 105 Å². The fraction of sp³-hybridized carbons (Fsp3) is 0.263. The second kappa shape index (κ2) is 7.06. The maximum atomic E-state index is 12.4. The molecule has 4 rings (SSSR count). The summed E-state index contributed by atoms with van der Waals surface area (Å²) in [5.74, 6) is 0.0319. The van der Waals surface area contributed by atoms with Crippen molar-refractivity contribution < 1.29 is 9.59 Å². The van der Waals surface area contributed by atoms with E-state index in [1.165, 1.54) is 0 Å². The van der Waals surface area contributed by atoms with Crippen LogP contribution in [0.1, 0.15) is 47.9 Å². The SMILES string of the molecule is CC(C(=O)Nc1cccc(NC(=O)c2cc(C3CC3)[nH]n2)c1)n1cccn1. The van der Waals surface area contributed by atoms with Crippen LogP contribution in [0.2, 0.25) is 0 Å². The number of carbonyl (C=O) groups is 2.